The first-order valence-corrected chi connectivity index (χ1v) is 6.11. The second-order valence-electron chi connectivity index (χ2n) is 3.79. The van der Waals surface area contributed by atoms with Gasteiger partial charge in [-0.05, 0) is 25.1 Å². The van der Waals surface area contributed by atoms with Crippen LogP contribution in [0.1, 0.15) is 18.3 Å². The lowest BCUT2D eigenvalue weighted by Crippen LogP contribution is -2.10. The Bertz CT molecular complexity index is 599. The first-order chi connectivity index (χ1) is 9.11. The lowest BCUT2D eigenvalue weighted by molar-refractivity contribution is 0.273. The summed E-state index contributed by atoms with van der Waals surface area (Å²) in [5.74, 6) is 0.263. The number of nitrogens with two attached hydrogens (primary N) is 1. The van der Waals surface area contributed by atoms with Gasteiger partial charge in [0.25, 0.3) is 0 Å². The van der Waals surface area contributed by atoms with E-state index in [-0.39, 0.29) is 17.3 Å². The average molecular weight is 280 g/mol. The zero-order chi connectivity index (χ0) is 13.8. The van der Waals surface area contributed by atoms with E-state index < -0.39 is 5.82 Å². The van der Waals surface area contributed by atoms with Crippen molar-refractivity contribution in [2.45, 2.75) is 20.1 Å². The maximum atomic E-state index is 13.7. The second-order valence-corrected chi connectivity index (χ2v) is 4.23. The Kier molecular flexibility index (Phi) is 4.06. The van der Waals surface area contributed by atoms with Gasteiger partial charge in [-0.1, -0.05) is 12.2 Å². The van der Waals surface area contributed by atoms with Crippen LogP contribution >= 0.6 is 12.2 Å². The monoisotopic (exact) mass is 280 g/mol. The van der Waals surface area contributed by atoms with Crippen molar-refractivity contribution in [3.8, 4) is 5.75 Å². The minimum absolute atomic E-state index is 0.130. The van der Waals surface area contributed by atoms with Crippen LogP contribution in [0.3, 0.4) is 0 Å². The predicted molar refractivity (Wildman–Crippen MR) is 72.3 cm³/mol. The molecule has 0 amide bonds. The zero-order valence-corrected chi connectivity index (χ0v) is 11.2. The minimum atomic E-state index is -0.507. The molecule has 0 fully saturated rings. The molecule has 5 nitrogen and oxygen atoms in total. The van der Waals surface area contributed by atoms with E-state index in [0.717, 1.165) is 0 Å². The van der Waals surface area contributed by atoms with E-state index in [2.05, 4.69) is 10.1 Å². The normalized spacial score (nSPS) is 10.4. The molecule has 2 aromatic rings. The van der Waals surface area contributed by atoms with Crippen LogP contribution in [0, 0.1) is 5.82 Å². The molecule has 0 radical (unpaired) electrons. The Morgan fingerprint density at radius 3 is 2.95 bits per heavy atom. The van der Waals surface area contributed by atoms with E-state index in [4.69, 9.17) is 22.7 Å². The van der Waals surface area contributed by atoms with Crippen LogP contribution < -0.4 is 10.5 Å². The number of aromatic nitrogens is 3. The molecular weight excluding hydrogens is 267 g/mol. The van der Waals surface area contributed by atoms with Gasteiger partial charge in [0.05, 0.1) is 0 Å². The molecule has 7 heteroatoms. The maximum Gasteiger partial charge on any atom is 0.165 e. The van der Waals surface area contributed by atoms with E-state index in [1.165, 1.54) is 18.5 Å². The molecule has 0 spiro atoms. The highest BCUT2D eigenvalue weighted by atomic mass is 32.1. The smallest absolute Gasteiger partial charge is 0.165 e. The van der Waals surface area contributed by atoms with Gasteiger partial charge >= 0.3 is 0 Å². The second kappa shape index (κ2) is 5.75. The van der Waals surface area contributed by atoms with Crippen molar-refractivity contribution in [3.05, 3.63) is 41.7 Å². The number of benzene rings is 1. The molecular formula is C12H13FN4OS. The third kappa shape index (κ3) is 3.05. The summed E-state index contributed by atoms with van der Waals surface area (Å²) in [5.41, 5.74) is 5.89. The summed E-state index contributed by atoms with van der Waals surface area (Å²) < 4.78 is 20.8. The topological polar surface area (TPSA) is 66.0 Å². The predicted octanol–water partition coefficient (Wildman–Crippen LogP) is 1.65. The van der Waals surface area contributed by atoms with Gasteiger partial charge in [-0.3, -0.25) is 0 Å². The maximum absolute atomic E-state index is 13.7. The van der Waals surface area contributed by atoms with Gasteiger partial charge < -0.3 is 10.5 Å². The highest BCUT2D eigenvalue weighted by Gasteiger charge is 2.09. The molecule has 1 heterocycles. The van der Waals surface area contributed by atoms with E-state index in [0.29, 0.717) is 17.9 Å². The number of rotatable bonds is 5. The van der Waals surface area contributed by atoms with Crippen LogP contribution in [-0.4, -0.2) is 19.8 Å². The van der Waals surface area contributed by atoms with Crippen molar-refractivity contribution >= 4 is 17.2 Å². The summed E-state index contributed by atoms with van der Waals surface area (Å²) in [7, 11) is 0. The Balaban J connectivity index is 2.10. The number of ether oxygens (including phenoxy) is 1. The van der Waals surface area contributed by atoms with Gasteiger partial charge in [0, 0.05) is 12.1 Å². The molecule has 0 saturated heterocycles. The highest BCUT2D eigenvalue weighted by Crippen LogP contribution is 2.19. The fourth-order valence-electron chi connectivity index (χ4n) is 1.58. The summed E-state index contributed by atoms with van der Waals surface area (Å²) in [6.45, 7) is 2.77. The summed E-state index contributed by atoms with van der Waals surface area (Å²) >= 11 is 4.78. The van der Waals surface area contributed by atoms with E-state index >= 15 is 0 Å². The van der Waals surface area contributed by atoms with Crippen LogP contribution in [-0.2, 0) is 13.2 Å². The van der Waals surface area contributed by atoms with Crippen molar-refractivity contribution in [2.75, 3.05) is 0 Å². The largest absolute Gasteiger partial charge is 0.483 e. The van der Waals surface area contributed by atoms with Gasteiger partial charge in [0.1, 0.15) is 17.9 Å². The van der Waals surface area contributed by atoms with Crippen molar-refractivity contribution in [2.24, 2.45) is 5.73 Å². The zero-order valence-electron chi connectivity index (χ0n) is 10.3. The van der Waals surface area contributed by atoms with Gasteiger partial charge in [-0.15, -0.1) is 0 Å². The molecule has 2 rings (SSSR count). The van der Waals surface area contributed by atoms with Gasteiger partial charge in [0.15, 0.2) is 17.4 Å². The number of nitrogens with zero attached hydrogens (tertiary/aromatic N) is 3. The van der Waals surface area contributed by atoms with E-state index in [9.17, 15) is 4.39 Å². The van der Waals surface area contributed by atoms with Crippen LogP contribution in [0.2, 0.25) is 0 Å². The quantitative estimate of drug-likeness (QED) is 0.844. The average Bonchev–Trinajstić information content (AvgIpc) is 2.84. The molecule has 100 valence electrons. The number of hydrogen-bond acceptors (Lipinski definition) is 4. The number of halogens is 1. The van der Waals surface area contributed by atoms with Crippen molar-refractivity contribution < 1.29 is 9.13 Å². The Labute approximate surface area is 115 Å². The van der Waals surface area contributed by atoms with E-state index in [1.807, 2.05) is 6.92 Å². The van der Waals surface area contributed by atoms with Crippen LogP contribution in [0.5, 0.6) is 5.75 Å². The summed E-state index contributed by atoms with van der Waals surface area (Å²) in [6, 6.07) is 4.37. The molecule has 19 heavy (non-hydrogen) atoms. The Hall–Kier alpha value is -2.02. The fourth-order valence-corrected chi connectivity index (χ4v) is 1.70. The first kappa shape index (κ1) is 13.4. The molecule has 0 aliphatic carbocycles. The molecule has 0 bridgehead atoms. The number of thiocarbonyl (C=S) groups is 1. The van der Waals surface area contributed by atoms with Gasteiger partial charge in [-0.2, -0.15) is 5.10 Å². The summed E-state index contributed by atoms with van der Waals surface area (Å²) in [5, 5.41) is 4.00. The van der Waals surface area contributed by atoms with Crippen LogP contribution in [0.15, 0.2) is 24.5 Å². The van der Waals surface area contributed by atoms with Crippen molar-refractivity contribution in [3.63, 3.8) is 0 Å². The molecule has 0 unspecified atom stereocenters. The summed E-state index contributed by atoms with van der Waals surface area (Å²) in [4.78, 5) is 4.19. The number of hydrogen-bond donors (Lipinski definition) is 1. The molecule has 2 N–H and O–H groups in total. The highest BCUT2D eigenvalue weighted by molar-refractivity contribution is 7.80. The Morgan fingerprint density at radius 2 is 2.32 bits per heavy atom. The van der Waals surface area contributed by atoms with Crippen molar-refractivity contribution in [1.29, 1.82) is 0 Å². The molecule has 0 saturated carbocycles. The van der Waals surface area contributed by atoms with Gasteiger partial charge in [0.2, 0.25) is 0 Å². The SMILES string of the molecule is CCn1ncnc1COc1ccc(C(N)=S)cc1F. The fraction of sp³-hybridized carbons (Fsp3) is 0.250. The van der Waals surface area contributed by atoms with E-state index in [1.54, 1.807) is 10.7 Å². The van der Waals surface area contributed by atoms with Gasteiger partial charge in [-0.25, -0.2) is 14.1 Å². The third-order valence-electron chi connectivity index (χ3n) is 2.57. The first-order valence-electron chi connectivity index (χ1n) is 5.70. The molecule has 0 aliphatic heterocycles. The number of aryl methyl sites for hydroxylation is 1. The van der Waals surface area contributed by atoms with Crippen molar-refractivity contribution in [1.82, 2.24) is 14.8 Å². The standard InChI is InChI=1S/C12H13FN4OS/c1-2-17-11(15-7-16-17)6-18-10-4-3-8(12(14)19)5-9(10)13/h3-5,7H,2,6H2,1H3,(H2,14,19). The Morgan fingerprint density at radius 1 is 1.53 bits per heavy atom. The molecule has 0 aliphatic rings. The lowest BCUT2D eigenvalue weighted by atomic mass is 10.2. The molecule has 1 aromatic carbocycles. The van der Waals surface area contributed by atoms with Crippen LogP contribution in [0.25, 0.3) is 0 Å². The van der Waals surface area contributed by atoms with Crippen LogP contribution in [0.4, 0.5) is 4.39 Å². The minimum Gasteiger partial charge on any atom is -0.483 e. The lowest BCUT2D eigenvalue weighted by Gasteiger charge is -2.08. The molecule has 1 aromatic heterocycles. The molecule has 0 atom stereocenters. The summed E-state index contributed by atoms with van der Waals surface area (Å²) in [6.07, 6.45) is 1.44. The third-order valence-corrected chi connectivity index (χ3v) is 2.80.